The number of aliphatic hydroxyl groups excluding tert-OH is 2. The zero-order valence-corrected chi connectivity index (χ0v) is 10.8. The van der Waals surface area contributed by atoms with Gasteiger partial charge in [-0.2, -0.15) is 0 Å². The molecule has 2 unspecified atom stereocenters. The Balaban J connectivity index is 3.61. The standard InChI is InChI=1S/C12H25NO4/c1-3-10(5-6-14)8-13-9-11(15)7-12(16)17-4-2/h10-11,13-15H,3-9H2,1-2H3. The minimum Gasteiger partial charge on any atom is -0.466 e. The first-order chi connectivity index (χ1) is 8.13. The van der Waals surface area contributed by atoms with Crippen LogP contribution in [0.25, 0.3) is 0 Å². The minimum atomic E-state index is -0.708. The molecule has 0 amide bonds. The molecule has 0 aromatic heterocycles. The van der Waals surface area contributed by atoms with Gasteiger partial charge in [-0.3, -0.25) is 4.79 Å². The molecule has 0 aromatic rings. The van der Waals surface area contributed by atoms with Crippen molar-refractivity contribution in [2.24, 2.45) is 5.92 Å². The van der Waals surface area contributed by atoms with Crippen LogP contribution >= 0.6 is 0 Å². The van der Waals surface area contributed by atoms with Gasteiger partial charge < -0.3 is 20.3 Å². The van der Waals surface area contributed by atoms with Gasteiger partial charge in [-0.05, 0) is 25.8 Å². The molecule has 17 heavy (non-hydrogen) atoms. The van der Waals surface area contributed by atoms with Crippen molar-refractivity contribution in [1.82, 2.24) is 5.32 Å². The molecule has 5 heteroatoms. The van der Waals surface area contributed by atoms with E-state index in [1.54, 1.807) is 6.92 Å². The fraction of sp³-hybridized carbons (Fsp3) is 0.917. The Bertz CT molecular complexity index is 199. The van der Waals surface area contributed by atoms with E-state index in [0.29, 0.717) is 19.1 Å². The van der Waals surface area contributed by atoms with Crippen molar-refractivity contribution < 1.29 is 19.7 Å². The first-order valence-electron chi connectivity index (χ1n) is 6.29. The van der Waals surface area contributed by atoms with Crippen molar-refractivity contribution in [3.05, 3.63) is 0 Å². The van der Waals surface area contributed by atoms with Crippen molar-refractivity contribution in [3.63, 3.8) is 0 Å². The second kappa shape index (κ2) is 10.5. The van der Waals surface area contributed by atoms with Crippen LogP contribution in [-0.2, 0) is 9.53 Å². The SMILES string of the molecule is CCOC(=O)CC(O)CNCC(CC)CCO. The van der Waals surface area contributed by atoms with E-state index < -0.39 is 6.10 Å². The minimum absolute atomic E-state index is 0.0254. The number of rotatable bonds is 10. The fourth-order valence-corrected chi connectivity index (χ4v) is 1.57. The van der Waals surface area contributed by atoms with E-state index in [1.807, 2.05) is 0 Å². The van der Waals surface area contributed by atoms with Crippen LogP contribution in [0.4, 0.5) is 0 Å². The van der Waals surface area contributed by atoms with E-state index in [2.05, 4.69) is 12.2 Å². The first-order valence-corrected chi connectivity index (χ1v) is 6.29. The molecule has 102 valence electrons. The van der Waals surface area contributed by atoms with E-state index in [4.69, 9.17) is 9.84 Å². The molecule has 0 saturated carbocycles. The van der Waals surface area contributed by atoms with Crippen LogP contribution in [0, 0.1) is 5.92 Å². The Morgan fingerprint density at radius 1 is 1.35 bits per heavy atom. The largest absolute Gasteiger partial charge is 0.466 e. The highest BCUT2D eigenvalue weighted by atomic mass is 16.5. The maximum atomic E-state index is 11.1. The van der Waals surface area contributed by atoms with E-state index in [9.17, 15) is 9.90 Å². The Morgan fingerprint density at radius 3 is 2.59 bits per heavy atom. The summed E-state index contributed by atoms with van der Waals surface area (Å²) in [5, 5.41) is 21.5. The van der Waals surface area contributed by atoms with Gasteiger partial charge >= 0.3 is 5.97 Å². The molecule has 0 heterocycles. The van der Waals surface area contributed by atoms with Crippen LogP contribution < -0.4 is 5.32 Å². The van der Waals surface area contributed by atoms with E-state index >= 15 is 0 Å². The van der Waals surface area contributed by atoms with Crippen molar-refractivity contribution in [3.8, 4) is 0 Å². The van der Waals surface area contributed by atoms with Gasteiger partial charge in [0, 0.05) is 13.2 Å². The van der Waals surface area contributed by atoms with Crippen LogP contribution in [0.15, 0.2) is 0 Å². The highest BCUT2D eigenvalue weighted by Gasteiger charge is 2.12. The summed E-state index contributed by atoms with van der Waals surface area (Å²) < 4.78 is 4.74. The van der Waals surface area contributed by atoms with Crippen LogP contribution in [0.3, 0.4) is 0 Å². The third-order valence-electron chi connectivity index (χ3n) is 2.64. The van der Waals surface area contributed by atoms with Crippen LogP contribution in [-0.4, -0.2) is 48.6 Å². The monoisotopic (exact) mass is 247 g/mol. The number of ether oxygens (including phenoxy) is 1. The lowest BCUT2D eigenvalue weighted by atomic mass is 10.0. The molecule has 0 aliphatic carbocycles. The number of hydrogen-bond acceptors (Lipinski definition) is 5. The summed E-state index contributed by atoms with van der Waals surface area (Å²) in [6.45, 7) is 5.46. The van der Waals surface area contributed by atoms with Gasteiger partial charge in [0.1, 0.15) is 0 Å². The van der Waals surface area contributed by atoms with Gasteiger partial charge in [-0.15, -0.1) is 0 Å². The van der Waals surface area contributed by atoms with Crippen molar-refractivity contribution in [1.29, 1.82) is 0 Å². The van der Waals surface area contributed by atoms with Gasteiger partial charge in [0.15, 0.2) is 0 Å². The Hall–Kier alpha value is -0.650. The quantitative estimate of drug-likeness (QED) is 0.484. The molecule has 0 aromatic carbocycles. The number of hydrogen-bond donors (Lipinski definition) is 3. The summed E-state index contributed by atoms with van der Waals surface area (Å²) in [5.74, 6) is 0.0407. The molecule has 0 fully saturated rings. The van der Waals surface area contributed by atoms with Crippen molar-refractivity contribution in [2.75, 3.05) is 26.3 Å². The second-order valence-corrected chi connectivity index (χ2v) is 4.11. The Morgan fingerprint density at radius 2 is 2.06 bits per heavy atom. The van der Waals surface area contributed by atoms with Gasteiger partial charge in [-0.25, -0.2) is 0 Å². The average molecular weight is 247 g/mol. The normalized spacial score (nSPS) is 14.4. The number of carbonyl (C=O) groups is 1. The third kappa shape index (κ3) is 9.09. The predicted molar refractivity (Wildman–Crippen MR) is 65.6 cm³/mol. The summed E-state index contributed by atoms with van der Waals surface area (Å²) in [6, 6.07) is 0. The summed E-state index contributed by atoms with van der Waals surface area (Å²) in [4.78, 5) is 11.1. The Labute approximate surface area is 103 Å². The molecule has 2 atom stereocenters. The molecular formula is C12H25NO4. The third-order valence-corrected chi connectivity index (χ3v) is 2.64. The summed E-state index contributed by atoms with van der Waals surface area (Å²) in [7, 11) is 0. The highest BCUT2D eigenvalue weighted by Crippen LogP contribution is 2.05. The summed E-state index contributed by atoms with van der Waals surface area (Å²) in [5.41, 5.74) is 0. The molecule has 0 bridgehead atoms. The van der Waals surface area contributed by atoms with Crippen LogP contribution in [0.1, 0.15) is 33.1 Å². The maximum Gasteiger partial charge on any atom is 0.308 e. The zero-order chi connectivity index (χ0) is 13.1. The average Bonchev–Trinajstić information content (AvgIpc) is 2.28. The lowest BCUT2D eigenvalue weighted by Crippen LogP contribution is -2.32. The zero-order valence-electron chi connectivity index (χ0n) is 10.8. The van der Waals surface area contributed by atoms with Gasteiger partial charge in [0.2, 0.25) is 0 Å². The Kier molecular flexibility index (Phi) is 10.1. The van der Waals surface area contributed by atoms with Crippen molar-refractivity contribution >= 4 is 5.97 Å². The van der Waals surface area contributed by atoms with Gasteiger partial charge in [0.05, 0.1) is 19.1 Å². The predicted octanol–water partition coefficient (Wildman–Crippen LogP) is 0.299. The summed E-state index contributed by atoms with van der Waals surface area (Å²) >= 11 is 0. The van der Waals surface area contributed by atoms with Crippen LogP contribution in [0.5, 0.6) is 0 Å². The smallest absolute Gasteiger partial charge is 0.308 e. The molecule has 3 N–H and O–H groups in total. The van der Waals surface area contributed by atoms with Crippen LogP contribution in [0.2, 0.25) is 0 Å². The summed E-state index contributed by atoms with van der Waals surface area (Å²) in [6.07, 6.45) is 1.07. The number of esters is 1. The number of nitrogens with one attached hydrogen (secondary N) is 1. The van der Waals surface area contributed by atoms with E-state index in [1.165, 1.54) is 0 Å². The topological polar surface area (TPSA) is 78.8 Å². The van der Waals surface area contributed by atoms with Crippen molar-refractivity contribution in [2.45, 2.75) is 39.2 Å². The molecule has 0 aliphatic heterocycles. The molecular weight excluding hydrogens is 222 g/mol. The lowest BCUT2D eigenvalue weighted by Gasteiger charge is -2.16. The number of aliphatic hydroxyl groups is 2. The number of carbonyl (C=O) groups excluding carboxylic acids is 1. The molecule has 5 nitrogen and oxygen atoms in total. The maximum absolute atomic E-state index is 11.1. The molecule has 0 radical (unpaired) electrons. The lowest BCUT2D eigenvalue weighted by molar-refractivity contribution is -0.145. The second-order valence-electron chi connectivity index (χ2n) is 4.11. The van der Waals surface area contributed by atoms with Gasteiger partial charge in [0.25, 0.3) is 0 Å². The fourth-order valence-electron chi connectivity index (χ4n) is 1.57. The van der Waals surface area contributed by atoms with Gasteiger partial charge in [-0.1, -0.05) is 13.3 Å². The highest BCUT2D eigenvalue weighted by molar-refractivity contribution is 5.69. The van der Waals surface area contributed by atoms with E-state index in [0.717, 1.165) is 19.4 Å². The molecule has 0 rings (SSSR count). The molecule has 0 spiro atoms. The molecule has 0 saturated heterocycles. The molecule has 0 aliphatic rings. The first kappa shape index (κ1) is 16.4. The van der Waals surface area contributed by atoms with E-state index in [-0.39, 0.29) is 19.0 Å².